The number of morpholine rings is 1. The number of ether oxygens (including phenoxy) is 4. The highest BCUT2D eigenvalue weighted by molar-refractivity contribution is 7.22. The zero-order chi connectivity index (χ0) is 27.1. The molecular weight excluding hydrogens is 552 g/mol. The molecular formula is C27H34ClF2N3O5S. The fourth-order valence-electron chi connectivity index (χ4n) is 4.29. The highest BCUT2D eigenvalue weighted by Gasteiger charge is 2.26. The van der Waals surface area contributed by atoms with Crippen LogP contribution < -0.4 is 19.1 Å². The van der Waals surface area contributed by atoms with Crippen LogP contribution in [0.25, 0.3) is 10.2 Å². The molecule has 1 aliphatic heterocycles. The molecule has 2 heterocycles. The van der Waals surface area contributed by atoms with Gasteiger partial charge in [-0.2, -0.15) is 0 Å². The molecule has 0 radical (unpaired) electrons. The third kappa shape index (κ3) is 7.47. The first-order valence-corrected chi connectivity index (χ1v) is 13.7. The summed E-state index contributed by atoms with van der Waals surface area (Å²) in [5, 5.41) is 0.293. The summed E-state index contributed by atoms with van der Waals surface area (Å²) in [5.41, 5.74) is 0.353. The summed E-state index contributed by atoms with van der Waals surface area (Å²) in [6.07, 6.45) is 0.659. The van der Waals surface area contributed by atoms with Crippen molar-refractivity contribution in [2.24, 2.45) is 0 Å². The molecule has 1 amide bonds. The van der Waals surface area contributed by atoms with Gasteiger partial charge < -0.3 is 18.9 Å². The standard InChI is InChI=1S/C27H33F2N3O5S.ClH/c1-4-35-21-14-18(15-22(36-5-2)25(21)37-6-3)26(33)32(9-7-8-31-10-12-34-13-11-31)27-30-24-20(29)16-19(28)17-23(24)38-27;/h14-17H,4-13H2,1-3H3;1H. The predicted molar refractivity (Wildman–Crippen MR) is 150 cm³/mol. The number of thiazole rings is 1. The Bertz CT molecular complexity index is 1230. The number of halogens is 3. The third-order valence-corrected chi connectivity index (χ3v) is 7.02. The Morgan fingerprint density at radius 1 is 1.03 bits per heavy atom. The number of anilines is 1. The topological polar surface area (TPSA) is 73.4 Å². The number of hydrogen-bond acceptors (Lipinski definition) is 8. The number of fused-ring (bicyclic) bond motifs is 1. The van der Waals surface area contributed by atoms with E-state index in [9.17, 15) is 13.6 Å². The lowest BCUT2D eigenvalue weighted by Gasteiger charge is -2.28. The zero-order valence-corrected chi connectivity index (χ0v) is 24.0. The van der Waals surface area contributed by atoms with Crippen molar-refractivity contribution in [3.05, 3.63) is 41.5 Å². The largest absolute Gasteiger partial charge is 0.490 e. The lowest BCUT2D eigenvalue weighted by molar-refractivity contribution is 0.0376. The predicted octanol–water partition coefficient (Wildman–Crippen LogP) is 5.56. The first kappa shape index (κ1) is 30.8. The molecule has 1 saturated heterocycles. The maximum Gasteiger partial charge on any atom is 0.260 e. The van der Waals surface area contributed by atoms with Gasteiger partial charge in [0.25, 0.3) is 5.91 Å². The molecule has 12 heteroatoms. The Hall–Kier alpha value is -2.73. The van der Waals surface area contributed by atoms with Crippen molar-refractivity contribution < 1.29 is 32.5 Å². The minimum atomic E-state index is -0.762. The number of aromatic nitrogens is 1. The van der Waals surface area contributed by atoms with Crippen molar-refractivity contribution in [3.63, 3.8) is 0 Å². The summed E-state index contributed by atoms with van der Waals surface area (Å²) >= 11 is 1.08. The van der Waals surface area contributed by atoms with E-state index in [0.717, 1.165) is 37.0 Å². The Labute approximate surface area is 237 Å². The highest BCUT2D eigenvalue weighted by atomic mass is 35.5. The van der Waals surface area contributed by atoms with Gasteiger partial charge in [0.05, 0.1) is 37.7 Å². The maximum absolute atomic E-state index is 14.5. The minimum Gasteiger partial charge on any atom is -0.490 e. The van der Waals surface area contributed by atoms with Gasteiger partial charge in [-0.05, 0) is 45.4 Å². The molecule has 4 rings (SSSR count). The first-order valence-electron chi connectivity index (χ1n) is 12.9. The number of carbonyl (C=O) groups excluding carboxylic acids is 1. The molecule has 214 valence electrons. The minimum absolute atomic E-state index is 0. The zero-order valence-electron chi connectivity index (χ0n) is 22.3. The van der Waals surface area contributed by atoms with Gasteiger partial charge in [-0.1, -0.05) is 11.3 Å². The molecule has 8 nitrogen and oxygen atoms in total. The lowest BCUT2D eigenvalue weighted by atomic mass is 10.1. The quantitative estimate of drug-likeness (QED) is 0.275. The van der Waals surface area contributed by atoms with Crippen LogP contribution in [0.4, 0.5) is 13.9 Å². The van der Waals surface area contributed by atoms with E-state index in [-0.39, 0.29) is 23.8 Å². The van der Waals surface area contributed by atoms with Gasteiger partial charge >= 0.3 is 0 Å². The molecule has 1 fully saturated rings. The summed E-state index contributed by atoms with van der Waals surface area (Å²) in [6.45, 7) is 10.8. The van der Waals surface area contributed by atoms with E-state index < -0.39 is 11.6 Å². The molecule has 0 spiro atoms. The van der Waals surface area contributed by atoms with Crippen LogP contribution in [0.5, 0.6) is 17.2 Å². The molecule has 39 heavy (non-hydrogen) atoms. The van der Waals surface area contributed by atoms with Crippen LogP contribution in [0.3, 0.4) is 0 Å². The lowest BCUT2D eigenvalue weighted by Crippen LogP contribution is -2.39. The van der Waals surface area contributed by atoms with Crippen LogP contribution in [0.2, 0.25) is 0 Å². The number of rotatable bonds is 12. The Balaban J connectivity index is 0.00000420. The second-order valence-corrected chi connectivity index (χ2v) is 9.60. The molecule has 0 saturated carbocycles. The van der Waals surface area contributed by atoms with E-state index in [0.29, 0.717) is 78.6 Å². The van der Waals surface area contributed by atoms with Gasteiger partial charge in [0.2, 0.25) is 5.75 Å². The highest BCUT2D eigenvalue weighted by Crippen LogP contribution is 2.40. The molecule has 0 unspecified atom stereocenters. The van der Waals surface area contributed by atoms with Crippen LogP contribution in [0, 0.1) is 11.6 Å². The second-order valence-electron chi connectivity index (χ2n) is 8.60. The third-order valence-electron chi connectivity index (χ3n) is 5.99. The van der Waals surface area contributed by atoms with Gasteiger partial charge in [-0.15, -0.1) is 12.4 Å². The Morgan fingerprint density at radius 2 is 1.67 bits per heavy atom. The average molecular weight is 586 g/mol. The molecule has 1 aromatic heterocycles. The van der Waals surface area contributed by atoms with E-state index in [1.54, 1.807) is 12.1 Å². The molecule has 2 aromatic carbocycles. The first-order chi connectivity index (χ1) is 18.4. The molecule has 3 aromatic rings. The molecule has 0 atom stereocenters. The van der Waals surface area contributed by atoms with Crippen molar-refractivity contribution in [1.29, 1.82) is 0 Å². The van der Waals surface area contributed by atoms with Gasteiger partial charge in [0, 0.05) is 37.8 Å². The Kier molecular flexibility index (Phi) is 11.5. The van der Waals surface area contributed by atoms with Crippen LogP contribution >= 0.6 is 23.7 Å². The van der Waals surface area contributed by atoms with Crippen molar-refractivity contribution in [2.75, 3.05) is 64.1 Å². The number of nitrogens with zero attached hydrogens (tertiary/aromatic N) is 3. The number of benzene rings is 2. The van der Waals surface area contributed by atoms with Crippen LogP contribution in [0.15, 0.2) is 24.3 Å². The summed E-state index contributed by atoms with van der Waals surface area (Å²) in [5.74, 6) is -0.573. The smallest absolute Gasteiger partial charge is 0.260 e. The van der Waals surface area contributed by atoms with Crippen molar-refractivity contribution in [2.45, 2.75) is 27.2 Å². The van der Waals surface area contributed by atoms with E-state index >= 15 is 0 Å². The molecule has 0 N–H and O–H groups in total. The summed E-state index contributed by atoms with van der Waals surface area (Å²) in [4.78, 5) is 22.2. The molecule has 1 aliphatic rings. The van der Waals surface area contributed by atoms with Crippen molar-refractivity contribution >= 4 is 45.0 Å². The molecule has 0 bridgehead atoms. The van der Waals surface area contributed by atoms with Gasteiger partial charge in [0.1, 0.15) is 11.3 Å². The monoisotopic (exact) mass is 585 g/mol. The fourth-order valence-corrected chi connectivity index (χ4v) is 5.32. The average Bonchev–Trinajstić information content (AvgIpc) is 3.33. The van der Waals surface area contributed by atoms with Crippen LogP contribution in [-0.2, 0) is 4.74 Å². The normalized spacial score (nSPS) is 13.7. The van der Waals surface area contributed by atoms with E-state index in [1.807, 2.05) is 20.8 Å². The van der Waals surface area contributed by atoms with Gasteiger partial charge in [-0.25, -0.2) is 13.8 Å². The van der Waals surface area contributed by atoms with Crippen LogP contribution in [0.1, 0.15) is 37.6 Å². The number of hydrogen-bond donors (Lipinski definition) is 0. The van der Waals surface area contributed by atoms with E-state index in [1.165, 1.54) is 11.0 Å². The second kappa shape index (κ2) is 14.6. The Morgan fingerprint density at radius 3 is 2.28 bits per heavy atom. The maximum atomic E-state index is 14.5. The van der Waals surface area contributed by atoms with Crippen molar-refractivity contribution in [3.8, 4) is 17.2 Å². The van der Waals surface area contributed by atoms with Crippen molar-refractivity contribution in [1.82, 2.24) is 9.88 Å². The molecule has 0 aliphatic carbocycles. The summed E-state index contributed by atoms with van der Waals surface area (Å²) in [6, 6.07) is 5.28. The van der Waals surface area contributed by atoms with Gasteiger partial charge in [0.15, 0.2) is 22.4 Å². The van der Waals surface area contributed by atoms with Gasteiger partial charge in [-0.3, -0.25) is 14.6 Å². The SMILES string of the molecule is CCOc1cc(C(=O)N(CCCN2CCOCC2)c2nc3c(F)cc(F)cc3s2)cc(OCC)c1OCC.Cl. The number of carbonyl (C=O) groups is 1. The fraction of sp³-hybridized carbons (Fsp3) is 0.481. The summed E-state index contributed by atoms with van der Waals surface area (Å²) in [7, 11) is 0. The van der Waals surface area contributed by atoms with E-state index in [4.69, 9.17) is 18.9 Å². The number of amides is 1. The summed E-state index contributed by atoms with van der Waals surface area (Å²) < 4.78 is 51.5. The van der Waals surface area contributed by atoms with Crippen LogP contribution in [-0.4, -0.2) is 75.0 Å². The van der Waals surface area contributed by atoms with E-state index in [2.05, 4.69) is 9.88 Å².